The van der Waals surface area contributed by atoms with Crippen molar-refractivity contribution in [2.24, 2.45) is 5.73 Å². The summed E-state index contributed by atoms with van der Waals surface area (Å²) in [6.07, 6.45) is 0.0562. The molecule has 0 saturated carbocycles. The topological polar surface area (TPSA) is 80.8 Å². The lowest BCUT2D eigenvalue weighted by atomic mass is 10.2. The molecule has 1 aromatic carbocycles. The van der Waals surface area contributed by atoms with Crippen molar-refractivity contribution < 1.29 is 14.2 Å². The molecular weight excluding hydrogens is 258 g/mol. The average Bonchev–Trinajstić information content (AvgIpc) is 2.45. The highest BCUT2D eigenvalue weighted by molar-refractivity contribution is 5.95. The summed E-state index contributed by atoms with van der Waals surface area (Å²) in [5.74, 6) is 1.24. The van der Waals surface area contributed by atoms with Gasteiger partial charge in [-0.2, -0.15) is 0 Å². The predicted molar refractivity (Wildman–Crippen MR) is 76.7 cm³/mol. The van der Waals surface area contributed by atoms with Gasteiger partial charge in [0.25, 0.3) is 0 Å². The van der Waals surface area contributed by atoms with Gasteiger partial charge in [-0.1, -0.05) is 0 Å². The summed E-state index contributed by atoms with van der Waals surface area (Å²) in [4.78, 5) is 2.21. The van der Waals surface area contributed by atoms with Crippen LogP contribution in [-0.4, -0.2) is 57.3 Å². The Labute approximate surface area is 118 Å². The van der Waals surface area contributed by atoms with E-state index in [-0.39, 0.29) is 11.9 Å². The molecule has 1 fully saturated rings. The number of nitrogens with zero attached hydrogens (tertiary/aromatic N) is 1. The molecule has 1 unspecified atom stereocenters. The first-order chi connectivity index (χ1) is 9.58. The van der Waals surface area contributed by atoms with Crippen LogP contribution in [0.2, 0.25) is 0 Å². The van der Waals surface area contributed by atoms with Crippen LogP contribution in [0.5, 0.6) is 11.5 Å². The molecule has 0 spiro atoms. The Bertz CT molecular complexity index is 479. The fourth-order valence-electron chi connectivity index (χ4n) is 2.09. The molecule has 0 bridgehead atoms. The second kappa shape index (κ2) is 6.58. The van der Waals surface area contributed by atoms with E-state index in [9.17, 15) is 0 Å². The Morgan fingerprint density at radius 3 is 2.85 bits per heavy atom. The standard InChI is InChI=1S/C14H21N3O3/c1-17-3-4-19-13(8-17)9-20-12-6-10(14(15)16)5-11(7-12)18-2/h5-7,13H,3-4,8-9H2,1-2H3,(H3,15,16). The quantitative estimate of drug-likeness (QED) is 0.612. The highest BCUT2D eigenvalue weighted by atomic mass is 16.5. The number of amidine groups is 1. The van der Waals surface area contributed by atoms with Crippen LogP contribution in [0.3, 0.4) is 0 Å². The Morgan fingerprint density at radius 1 is 1.45 bits per heavy atom. The SMILES string of the molecule is COc1cc(OCC2CN(C)CCO2)cc(C(=N)N)c1. The Balaban J connectivity index is 2.01. The first kappa shape index (κ1) is 14.6. The number of nitrogens with two attached hydrogens (primary N) is 1. The summed E-state index contributed by atoms with van der Waals surface area (Å²) in [5, 5.41) is 7.49. The maximum atomic E-state index is 7.49. The van der Waals surface area contributed by atoms with Crippen molar-refractivity contribution in [3.05, 3.63) is 23.8 Å². The van der Waals surface area contributed by atoms with Crippen LogP contribution in [0, 0.1) is 5.41 Å². The van der Waals surface area contributed by atoms with Gasteiger partial charge in [0.1, 0.15) is 30.0 Å². The van der Waals surface area contributed by atoms with Gasteiger partial charge in [0.05, 0.1) is 13.7 Å². The molecule has 0 aromatic heterocycles. The molecule has 6 nitrogen and oxygen atoms in total. The van der Waals surface area contributed by atoms with Gasteiger partial charge in [-0.05, 0) is 19.2 Å². The van der Waals surface area contributed by atoms with E-state index in [0.717, 1.165) is 19.7 Å². The fourth-order valence-corrected chi connectivity index (χ4v) is 2.09. The number of nitrogen functional groups attached to an aromatic ring is 1. The maximum Gasteiger partial charge on any atom is 0.123 e. The number of hydrogen-bond donors (Lipinski definition) is 2. The molecule has 2 rings (SSSR count). The molecule has 1 aliphatic heterocycles. The second-order valence-corrected chi connectivity index (χ2v) is 4.88. The van der Waals surface area contributed by atoms with Gasteiger partial charge >= 0.3 is 0 Å². The van der Waals surface area contributed by atoms with Gasteiger partial charge in [-0.15, -0.1) is 0 Å². The number of methoxy groups -OCH3 is 1. The van der Waals surface area contributed by atoms with Crippen molar-refractivity contribution in [1.82, 2.24) is 4.90 Å². The van der Waals surface area contributed by atoms with Crippen LogP contribution < -0.4 is 15.2 Å². The Morgan fingerprint density at radius 2 is 2.20 bits per heavy atom. The predicted octanol–water partition coefficient (Wildman–Crippen LogP) is 0.689. The number of morpholine rings is 1. The third-order valence-electron chi connectivity index (χ3n) is 3.20. The van der Waals surface area contributed by atoms with E-state index >= 15 is 0 Å². The van der Waals surface area contributed by atoms with E-state index in [0.29, 0.717) is 23.7 Å². The molecule has 110 valence electrons. The molecule has 20 heavy (non-hydrogen) atoms. The van der Waals surface area contributed by atoms with E-state index in [1.807, 2.05) is 0 Å². The third kappa shape index (κ3) is 3.85. The monoisotopic (exact) mass is 279 g/mol. The zero-order valence-corrected chi connectivity index (χ0v) is 11.9. The van der Waals surface area contributed by atoms with Gasteiger partial charge in [0.15, 0.2) is 0 Å². The smallest absolute Gasteiger partial charge is 0.123 e. The number of nitrogens with one attached hydrogen (secondary N) is 1. The molecule has 1 aliphatic rings. The van der Waals surface area contributed by atoms with E-state index in [1.54, 1.807) is 25.3 Å². The van der Waals surface area contributed by atoms with Gasteiger partial charge in [-0.3, -0.25) is 5.41 Å². The fraction of sp³-hybridized carbons (Fsp3) is 0.500. The highest BCUT2D eigenvalue weighted by Crippen LogP contribution is 2.23. The third-order valence-corrected chi connectivity index (χ3v) is 3.20. The zero-order chi connectivity index (χ0) is 14.5. The van der Waals surface area contributed by atoms with Gasteiger partial charge in [0.2, 0.25) is 0 Å². The lowest BCUT2D eigenvalue weighted by Gasteiger charge is -2.29. The molecule has 1 heterocycles. The minimum atomic E-state index is -0.0117. The molecule has 0 aliphatic carbocycles. The summed E-state index contributed by atoms with van der Waals surface area (Å²) >= 11 is 0. The van der Waals surface area contributed by atoms with Gasteiger partial charge in [-0.25, -0.2) is 0 Å². The maximum absolute atomic E-state index is 7.49. The first-order valence-electron chi connectivity index (χ1n) is 6.55. The van der Waals surface area contributed by atoms with E-state index < -0.39 is 0 Å². The Kier molecular flexibility index (Phi) is 4.81. The molecule has 1 aromatic rings. The number of likely N-dealkylation sites (N-methyl/N-ethyl adjacent to an activating group) is 1. The molecular formula is C14H21N3O3. The van der Waals surface area contributed by atoms with Crippen molar-refractivity contribution in [3.63, 3.8) is 0 Å². The van der Waals surface area contributed by atoms with E-state index in [4.69, 9.17) is 25.4 Å². The van der Waals surface area contributed by atoms with Gasteiger partial charge < -0.3 is 24.8 Å². The number of hydrogen-bond acceptors (Lipinski definition) is 5. The minimum Gasteiger partial charge on any atom is -0.497 e. The molecule has 1 atom stereocenters. The number of rotatable bonds is 5. The summed E-state index contributed by atoms with van der Waals surface area (Å²) in [6.45, 7) is 2.99. The lowest BCUT2D eigenvalue weighted by molar-refractivity contribution is -0.0403. The molecule has 0 amide bonds. The van der Waals surface area contributed by atoms with E-state index in [2.05, 4.69) is 11.9 Å². The van der Waals surface area contributed by atoms with Crippen molar-refractivity contribution in [2.45, 2.75) is 6.10 Å². The van der Waals surface area contributed by atoms with Crippen LogP contribution in [0.4, 0.5) is 0 Å². The molecule has 0 radical (unpaired) electrons. The first-order valence-corrected chi connectivity index (χ1v) is 6.55. The van der Waals surface area contributed by atoms with Crippen LogP contribution in [-0.2, 0) is 4.74 Å². The van der Waals surface area contributed by atoms with Crippen molar-refractivity contribution >= 4 is 5.84 Å². The largest absolute Gasteiger partial charge is 0.497 e. The van der Waals surface area contributed by atoms with Crippen molar-refractivity contribution in [2.75, 3.05) is 40.5 Å². The lowest BCUT2D eigenvalue weighted by Crippen LogP contribution is -2.42. The molecule has 3 N–H and O–H groups in total. The van der Waals surface area contributed by atoms with Crippen LogP contribution in [0.1, 0.15) is 5.56 Å². The van der Waals surface area contributed by atoms with Crippen LogP contribution in [0.25, 0.3) is 0 Å². The number of ether oxygens (including phenoxy) is 3. The summed E-state index contributed by atoms with van der Waals surface area (Å²) in [5.41, 5.74) is 6.09. The number of benzene rings is 1. The Hall–Kier alpha value is -1.79. The molecule has 1 saturated heterocycles. The van der Waals surface area contributed by atoms with Crippen molar-refractivity contribution in [1.29, 1.82) is 5.41 Å². The van der Waals surface area contributed by atoms with E-state index in [1.165, 1.54) is 0 Å². The zero-order valence-electron chi connectivity index (χ0n) is 11.9. The van der Waals surface area contributed by atoms with Gasteiger partial charge in [0, 0.05) is 24.7 Å². The normalized spacial score (nSPS) is 19.6. The molecule has 6 heteroatoms. The van der Waals surface area contributed by atoms with Crippen LogP contribution >= 0.6 is 0 Å². The van der Waals surface area contributed by atoms with Crippen molar-refractivity contribution in [3.8, 4) is 11.5 Å². The second-order valence-electron chi connectivity index (χ2n) is 4.88. The summed E-state index contributed by atoms with van der Waals surface area (Å²) in [6, 6.07) is 5.22. The minimum absolute atomic E-state index is 0.0117. The highest BCUT2D eigenvalue weighted by Gasteiger charge is 2.18. The summed E-state index contributed by atoms with van der Waals surface area (Å²) in [7, 11) is 3.64. The average molecular weight is 279 g/mol. The summed E-state index contributed by atoms with van der Waals surface area (Å²) < 4.78 is 16.6. The van der Waals surface area contributed by atoms with Crippen LogP contribution in [0.15, 0.2) is 18.2 Å².